The van der Waals surface area contributed by atoms with Gasteiger partial charge in [-0.15, -0.1) is 0 Å². The molecule has 34 heavy (non-hydrogen) atoms. The molecule has 1 amide bonds. The number of hydrogen-bond acceptors (Lipinski definition) is 6. The lowest BCUT2D eigenvalue weighted by atomic mass is 9.57. The van der Waals surface area contributed by atoms with Crippen molar-refractivity contribution < 1.29 is 24.2 Å². The lowest BCUT2D eigenvalue weighted by Gasteiger charge is -2.58. The first-order chi connectivity index (χ1) is 16.3. The summed E-state index contributed by atoms with van der Waals surface area (Å²) in [7, 11) is 4.98. The monoisotopic (exact) mass is 465 g/mol. The number of methoxy groups -OCH3 is 2. The normalized spacial score (nSPS) is 17.6. The zero-order valence-corrected chi connectivity index (χ0v) is 20.1. The molecule has 0 bridgehead atoms. The number of carbonyl (C=O) groups is 2. The van der Waals surface area contributed by atoms with Gasteiger partial charge in [-0.1, -0.05) is 0 Å². The fraction of sp³-hybridized carbons (Fsp3) is 0.423. The third-order valence-electron chi connectivity index (χ3n) is 6.94. The topological polar surface area (TPSA) is 92.2 Å². The van der Waals surface area contributed by atoms with Crippen LogP contribution in [-0.4, -0.2) is 66.6 Å². The SMILES string of the molecule is COc1cc(/C(=C/N(C)C=O)c2ccncc2C)cc(OC)c1CN1CC2(CC(C(=O)O)C2)C1. The Morgan fingerprint density at radius 1 is 1.26 bits per heavy atom. The summed E-state index contributed by atoms with van der Waals surface area (Å²) in [6.07, 6.45) is 7.59. The van der Waals surface area contributed by atoms with Gasteiger partial charge in [0, 0.05) is 50.8 Å². The molecule has 0 unspecified atom stereocenters. The molecule has 1 aromatic heterocycles. The van der Waals surface area contributed by atoms with Crippen LogP contribution in [0, 0.1) is 18.3 Å². The van der Waals surface area contributed by atoms with E-state index < -0.39 is 5.97 Å². The minimum Gasteiger partial charge on any atom is -0.496 e. The smallest absolute Gasteiger partial charge is 0.306 e. The van der Waals surface area contributed by atoms with Crippen molar-refractivity contribution in [2.45, 2.75) is 26.3 Å². The number of rotatable bonds is 9. The molecule has 4 rings (SSSR count). The van der Waals surface area contributed by atoms with Crippen LogP contribution in [0.25, 0.3) is 5.57 Å². The van der Waals surface area contributed by atoms with E-state index in [0.717, 1.165) is 60.2 Å². The van der Waals surface area contributed by atoms with Gasteiger partial charge in [-0.25, -0.2) is 0 Å². The second kappa shape index (κ2) is 9.46. The summed E-state index contributed by atoms with van der Waals surface area (Å²) in [5.41, 5.74) is 4.77. The number of benzene rings is 1. The predicted molar refractivity (Wildman–Crippen MR) is 127 cm³/mol. The molecule has 2 heterocycles. The zero-order chi connectivity index (χ0) is 24.5. The van der Waals surface area contributed by atoms with Crippen LogP contribution in [0.4, 0.5) is 0 Å². The summed E-state index contributed by atoms with van der Waals surface area (Å²) >= 11 is 0. The summed E-state index contributed by atoms with van der Waals surface area (Å²) in [5.74, 6) is 0.533. The van der Waals surface area contributed by atoms with E-state index in [0.29, 0.717) is 18.0 Å². The van der Waals surface area contributed by atoms with Crippen LogP contribution in [0.1, 0.15) is 35.1 Å². The highest BCUT2D eigenvalue weighted by Crippen LogP contribution is 2.52. The lowest BCUT2D eigenvalue weighted by Crippen LogP contribution is -2.62. The summed E-state index contributed by atoms with van der Waals surface area (Å²) in [4.78, 5) is 30.5. The van der Waals surface area contributed by atoms with Gasteiger partial charge in [0.1, 0.15) is 11.5 Å². The van der Waals surface area contributed by atoms with E-state index in [1.165, 1.54) is 4.90 Å². The summed E-state index contributed by atoms with van der Waals surface area (Å²) in [5, 5.41) is 9.19. The third-order valence-corrected chi connectivity index (χ3v) is 6.94. The summed E-state index contributed by atoms with van der Waals surface area (Å²) in [6.45, 7) is 4.41. The van der Waals surface area contributed by atoms with Gasteiger partial charge in [0.2, 0.25) is 6.41 Å². The van der Waals surface area contributed by atoms with E-state index in [4.69, 9.17) is 9.47 Å². The van der Waals surface area contributed by atoms with Gasteiger partial charge in [0.15, 0.2) is 0 Å². The van der Waals surface area contributed by atoms with Crippen LogP contribution in [0.2, 0.25) is 0 Å². The molecule has 0 atom stereocenters. The maximum absolute atomic E-state index is 11.4. The molecular weight excluding hydrogens is 434 g/mol. The molecule has 2 aromatic rings. The van der Waals surface area contributed by atoms with E-state index in [2.05, 4.69) is 9.88 Å². The van der Waals surface area contributed by atoms with Crippen LogP contribution in [0.3, 0.4) is 0 Å². The number of carboxylic acid groups (broad SMARTS) is 1. The zero-order valence-electron chi connectivity index (χ0n) is 20.1. The van der Waals surface area contributed by atoms with Crippen LogP contribution in [-0.2, 0) is 16.1 Å². The summed E-state index contributed by atoms with van der Waals surface area (Å²) < 4.78 is 11.6. The molecule has 2 aliphatic rings. The Morgan fingerprint density at radius 2 is 1.91 bits per heavy atom. The predicted octanol–water partition coefficient (Wildman–Crippen LogP) is 3.18. The fourth-order valence-electron chi connectivity index (χ4n) is 5.26. The number of amides is 1. The molecule has 1 aliphatic heterocycles. The molecule has 1 saturated heterocycles. The van der Waals surface area contributed by atoms with E-state index in [1.807, 2.05) is 25.1 Å². The first-order valence-electron chi connectivity index (χ1n) is 11.3. The van der Waals surface area contributed by atoms with Gasteiger partial charge >= 0.3 is 5.97 Å². The first kappa shape index (κ1) is 23.8. The molecule has 1 aromatic carbocycles. The number of aryl methyl sites for hydroxylation is 1. The third kappa shape index (κ3) is 4.50. The first-order valence-corrected chi connectivity index (χ1v) is 11.3. The number of likely N-dealkylation sites (tertiary alicyclic amines) is 1. The molecule has 2 fully saturated rings. The number of hydrogen-bond donors (Lipinski definition) is 1. The largest absolute Gasteiger partial charge is 0.496 e. The van der Waals surface area contributed by atoms with E-state index in [1.54, 1.807) is 39.9 Å². The second-order valence-electron chi connectivity index (χ2n) is 9.45. The van der Waals surface area contributed by atoms with Crippen molar-refractivity contribution in [2.24, 2.45) is 11.3 Å². The molecule has 1 saturated carbocycles. The van der Waals surface area contributed by atoms with Gasteiger partial charge in [-0.3, -0.25) is 19.5 Å². The maximum Gasteiger partial charge on any atom is 0.306 e. The molecule has 1 spiro atoms. The molecule has 1 aliphatic carbocycles. The van der Waals surface area contributed by atoms with Crippen LogP contribution in [0.15, 0.2) is 36.8 Å². The molecule has 8 heteroatoms. The molecular formula is C26H31N3O5. The Morgan fingerprint density at radius 3 is 2.44 bits per heavy atom. The van der Waals surface area contributed by atoms with Gasteiger partial charge in [-0.2, -0.15) is 0 Å². The van der Waals surface area contributed by atoms with Gasteiger partial charge in [-0.05, 0) is 60.1 Å². The van der Waals surface area contributed by atoms with Crippen molar-refractivity contribution >= 4 is 18.0 Å². The van der Waals surface area contributed by atoms with Crippen molar-refractivity contribution in [3.63, 3.8) is 0 Å². The van der Waals surface area contributed by atoms with Crippen molar-refractivity contribution in [3.05, 3.63) is 59.0 Å². The quantitative estimate of drug-likeness (QED) is 0.569. The highest BCUT2D eigenvalue weighted by atomic mass is 16.5. The highest BCUT2D eigenvalue weighted by Gasteiger charge is 2.54. The fourth-order valence-corrected chi connectivity index (χ4v) is 5.26. The number of carboxylic acids is 1. The Bertz CT molecular complexity index is 1090. The van der Waals surface area contributed by atoms with Gasteiger partial charge < -0.3 is 19.5 Å². The van der Waals surface area contributed by atoms with Crippen molar-refractivity contribution in [3.8, 4) is 11.5 Å². The Labute approximate surface area is 199 Å². The molecule has 180 valence electrons. The number of aromatic nitrogens is 1. The number of carbonyl (C=O) groups excluding carboxylic acids is 1. The Kier molecular flexibility index (Phi) is 6.61. The van der Waals surface area contributed by atoms with Crippen molar-refractivity contribution in [1.29, 1.82) is 0 Å². The average molecular weight is 466 g/mol. The Balaban J connectivity index is 1.63. The molecule has 8 nitrogen and oxygen atoms in total. The van der Waals surface area contributed by atoms with Crippen LogP contribution in [0.5, 0.6) is 11.5 Å². The highest BCUT2D eigenvalue weighted by molar-refractivity contribution is 5.83. The van der Waals surface area contributed by atoms with Gasteiger partial charge in [0.25, 0.3) is 0 Å². The minimum atomic E-state index is -0.684. The number of aliphatic carboxylic acids is 1. The number of ether oxygens (including phenoxy) is 2. The van der Waals surface area contributed by atoms with Crippen molar-refractivity contribution in [2.75, 3.05) is 34.4 Å². The standard InChI is InChI=1S/C26H31N3O5/c1-17-11-27-6-5-20(17)21(12-28(2)16-30)18-7-23(33-3)22(24(8-18)34-4)13-29-14-26(15-29)9-19(10-26)25(31)32/h5-8,11-12,16,19H,9-10,13-15H2,1-4H3,(H,31,32)/b21-12-. The van der Waals surface area contributed by atoms with E-state index >= 15 is 0 Å². The molecule has 0 radical (unpaired) electrons. The van der Waals surface area contributed by atoms with Crippen LogP contribution < -0.4 is 9.47 Å². The van der Waals surface area contributed by atoms with E-state index in [9.17, 15) is 14.7 Å². The van der Waals surface area contributed by atoms with Crippen molar-refractivity contribution in [1.82, 2.24) is 14.8 Å². The number of pyridine rings is 1. The summed E-state index contributed by atoms with van der Waals surface area (Å²) in [6, 6.07) is 5.87. The van der Waals surface area contributed by atoms with Gasteiger partial charge in [0.05, 0.1) is 25.7 Å². The lowest BCUT2D eigenvalue weighted by molar-refractivity contribution is -0.161. The van der Waals surface area contributed by atoms with E-state index in [-0.39, 0.29) is 11.3 Å². The molecule has 1 N–H and O–H groups in total. The number of nitrogens with zero attached hydrogens (tertiary/aromatic N) is 3. The second-order valence-corrected chi connectivity index (χ2v) is 9.45. The minimum absolute atomic E-state index is 0.150. The average Bonchev–Trinajstić information content (AvgIpc) is 2.77. The Hall–Kier alpha value is -3.39. The van der Waals surface area contributed by atoms with Crippen LogP contribution >= 0.6 is 0 Å². The maximum atomic E-state index is 11.4.